The quantitative estimate of drug-likeness (QED) is 0.481. The average molecular weight is 180 g/mol. The number of aldehydes is 1. The van der Waals surface area contributed by atoms with Crippen molar-refractivity contribution in [2.45, 2.75) is 46.5 Å². The molecule has 2 atom stereocenters. The second kappa shape index (κ2) is 4.08. The molecule has 0 spiro atoms. The Hall–Kier alpha value is -0.590. The Morgan fingerprint density at radius 3 is 2.62 bits per heavy atom. The van der Waals surface area contributed by atoms with Crippen LogP contribution in [0.15, 0.2) is 11.6 Å². The van der Waals surface area contributed by atoms with Gasteiger partial charge in [-0.3, -0.25) is 0 Å². The van der Waals surface area contributed by atoms with Crippen molar-refractivity contribution in [2.75, 3.05) is 0 Å². The van der Waals surface area contributed by atoms with Gasteiger partial charge in [0.2, 0.25) is 0 Å². The molecule has 1 nitrogen and oxygen atoms in total. The minimum atomic E-state index is -0.0172. The third-order valence-electron chi connectivity index (χ3n) is 3.06. The van der Waals surface area contributed by atoms with Crippen LogP contribution >= 0.6 is 0 Å². The van der Waals surface area contributed by atoms with Crippen LogP contribution in [0.2, 0.25) is 0 Å². The standard InChI is InChI=1S/C12H20O/c1-10(2)4-6-12(9-13)7-5-11(3)8-12/h4,9,11H,5-8H2,1-3H3. The molecule has 13 heavy (non-hydrogen) atoms. The van der Waals surface area contributed by atoms with E-state index in [-0.39, 0.29) is 5.41 Å². The van der Waals surface area contributed by atoms with Gasteiger partial charge in [0, 0.05) is 5.41 Å². The number of carbonyl (C=O) groups excluding carboxylic acids is 1. The molecule has 1 heteroatoms. The Labute approximate surface area is 81.2 Å². The predicted molar refractivity (Wildman–Crippen MR) is 55.6 cm³/mol. The van der Waals surface area contributed by atoms with Gasteiger partial charge >= 0.3 is 0 Å². The van der Waals surface area contributed by atoms with E-state index in [0.29, 0.717) is 0 Å². The molecule has 0 aromatic carbocycles. The molecule has 1 aliphatic rings. The highest BCUT2D eigenvalue weighted by Gasteiger charge is 2.35. The summed E-state index contributed by atoms with van der Waals surface area (Å²) in [5, 5.41) is 0. The Balaban J connectivity index is 2.61. The van der Waals surface area contributed by atoms with Crippen molar-refractivity contribution >= 4 is 6.29 Å². The van der Waals surface area contributed by atoms with Gasteiger partial charge < -0.3 is 4.79 Å². The third kappa shape index (κ3) is 2.68. The Kier molecular flexibility index (Phi) is 3.29. The molecule has 1 aliphatic carbocycles. The van der Waals surface area contributed by atoms with Gasteiger partial charge in [-0.15, -0.1) is 0 Å². The Morgan fingerprint density at radius 2 is 2.23 bits per heavy atom. The van der Waals surface area contributed by atoms with Gasteiger partial charge in [0.1, 0.15) is 6.29 Å². The van der Waals surface area contributed by atoms with Crippen molar-refractivity contribution in [3.05, 3.63) is 11.6 Å². The van der Waals surface area contributed by atoms with E-state index in [1.807, 2.05) is 0 Å². The first-order valence-electron chi connectivity index (χ1n) is 5.18. The zero-order valence-electron chi connectivity index (χ0n) is 8.97. The maximum absolute atomic E-state index is 11.1. The summed E-state index contributed by atoms with van der Waals surface area (Å²) in [4.78, 5) is 11.1. The van der Waals surface area contributed by atoms with Crippen molar-refractivity contribution in [1.82, 2.24) is 0 Å². The highest BCUT2D eigenvalue weighted by atomic mass is 16.1. The van der Waals surface area contributed by atoms with Crippen LogP contribution in [0.1, 0.15) is 46.5 Å². The summed E-state index contributed by atoms with van der Waals surface area (Å²) < 4.78 is 0. The monoisotopic (exact) mass is 180 g/mol. The van der Waals surface area contributed by atoms with E-state index in [9.17, 15) is 4.79 Å². The van der Waals surface area contributed by atoms with Crippen LogP contribution in [0.25, 0.3) is 0 Å². The first-order valence-corrected chi connectivity index (χ1v) is 5.18. The molecule has 0 N–H and O–H groups in total. The largest absolute Gasteiger partial charge is 0.303 e. The van der Waals surface area contributed by atoms with Crippen LogP contribution in [0, 0.1) is 11.3 Å². The maximum atomic E-state index is 11.1. The highest BCUT2D eigenvalue weighted by molar-refractivity contribution is 5.60. The number of hydrogen-bond donors (Lipinski definition) is 0. The van der Waals surface area contributed by atoms with E-state index < -0.39 is 0 Å². The normalized spacial score (nSPS) is 33.0. The van der Waals surface area contributed by atoms with E-state index in [2.05, 4.69) is 26.8 Å². The molecule has 0 amide bonds. The van der Waals surface area contributed by atoms with Gasteiger partial charge in [0.25, 0.3) is 0 Å². The van der Waals surface area contributed by atoms with Gasteiger partial charge in [0.15, 0.2) is 0 Å². The zero-order valence-corrected chi connectivity index (χ0v) is 8.97. The Bertz CT molecular complexity index is 213. The third-order valence-corrected chi connectivity index (χ3v) is 3.06. The van der Waals surface area contributed by atoms with Gasteiger partial charge in [0.05, 0.1) is 0 Å². The average Bonchev–Trinajstić information content (AvgIpc) is 2.45. The summed E-state index contributed by atoms with van der Waals surface area (Å²) in [6.07, 6.45) is 7.72. The summed E-state index contributed by atoms with van der Waals surface area (Å²) in [7, 11) is 0. The molecule has 1 rings (SSSR count). The fourth-order valence-electron chi connectivity index (χ4n) is 2.18. The fourth-order valence-corrected chi connectivity index (χ4v) is 2.18. The summed E-state index contributed by atoms with van der Waals surface area (Å²) in [6.45, 7) is 6.43. The maximum Gasteiger partial charge on any atom is 0.126 e. The molecule has 0 heterocycles. The van der Waals surface area contributed by atoms with E-state index in [4.69, 9.17) is 0 Å². The van der Waals surface area contributed by atoms with Crippen molar-refractivity contribution < 1.29 is 4.79 Å². The van der Waals surface area contributed by atoms with Gasteiger partial charge in [-0.1, -0.05) is 18.6 Å². The van der Waals surface area contributed by atoms with E-state index >= 15 is 0 Å². The molecule has 0 aromatic heterocycles. The SMILES string of the molecule is CC(C)=CCC1(C=O)CCC(C)C1. The number of allylic oxidation sites excluding steroid dienone is 2. The van der Waals surface area contributed by atoms with Crippen LogP contribution in [0.5, 0.6) is 0 Å². The molecule has 0 aliphatic heterocycles. The van der Waals surface area contributed by atoms with E-state index in [1.54, 1.807) is 0 Å². The van der Waals surface area contributed by atoms with E-state index in [0.717, 1.165) is 25.2 Å². The number of hydrogen-bond acceptors (Lipinski definition) is 1. The first kappa shape index (κ1) is 10.5. The summed E-state index contributed by atoms with van der Waals surface area (Å²) in [5.41, 5.74) is 1.30. The molecule has 0 aromatic rings. The number of rotatable bonds is 3. The molecular weight excluding hydrogens is 160 g/mol. The van der Waals surface area contributed by atoms with Crippen LogP contribution in [-0.4, -0.2) is 6.29 Å². The summed E-state index contributed by atoms with van der Waals surface area (Å²) in [5.74, 6) is 0.732. The van der Waals surface area contributed by atoms with Crippen molar-refractivity contribution in [1.29, 1.82) is 0 Å². The van der Waals surface area contributed by atoms with Crippen LogP contribution < -0.4 is 0 Å². The highest BCUT2D eigenvalue weighted by Crippen LogP contribution is 2.42. The summed E-state index contributed by atoms with van der Waals surface area (Å²) in [6, 6.07) is 0. The number of carbonyl (C=O) groups is 1. The molecule has 1 saturated carbocycles. The van der Waals surface area contributed by atoms with Crippen LogP contribution in [0.3, 0.4) is 0 Å². The van der Waals surface area contributed by atoms with Crippen LogP contribution in [-0.2, 0) is 4.79 Å². The van der Waals surface area contributed by atoms with Gasteiger partial charge in [-0.2, -0.15) is 0 Å². The lowest BCUT2D eigenvalue weighted by Crippen LogP contribution is -2.17. The smallest absolute Gasteiger partial charge is 0.126 e. The molecule has 0 radical (unpaired) electrons. The first-order chi connectivity index (χ1) is 6.08. The Morgan fingerprint density at radius 1 is 1.54 bits per heavy atom. The second-order valence-corrected chi connectivity index (χ2v) is 4.81. The zero-order chi connectivity index (χ0) is 9.90. The van der Waals surface area contributed by atoms with E-state index in [1.165, 1.54) is 18.3 Å². The van der Waals surface area contributed by atoms with Gasteiger partial charge in [-0.25, -0.2) is 0 Å². The van der Waals surface area contributed by atoms with Crippen molar-refractivity contribution in [2.24, 2.45) is 11.3 Å². The molecule has 0 bridgehead atoms. The lowest BCUT2D eigenvalue weighted by atomic mass is 9.83. The van der Waals surface area contributed by atoms with Crippen LogP contribution in [0.4, 0.5) is 0 Å². The minimum Gasteiger partial charge on any atom is -0.303 e. The molecule has 0 saturated heterocycles. The molecule has 1 fully saturated rings. The summed E-state index contributed by atoms with van der Waals surface area (Å²) >= 11 is 0. The second-order valence-electron chi connectivity index (χ2n) is 4.81. The lowest BCUT2D eigenvalue weighted by molar-refractivity contribution is -0.115. The van der Waals surface area contributed by atoms with Gasteiger partial charge in [-0.05, 0) is 45.4 Å². The lowest BCUT2D eigenvalue weighted by Gasteiger charge is -2.20. The molecular formula is C12H20O. The molecule has 2 unspecified atom stereocenters. The predicted octanol–water partition coefficient (Wildman–Crippen LogP) is 3.35. The van der Waals surface area contributed by atoms with Crippen molar-refractivity contribution in [3.8, 4) is 0 Å². The fraction of sp³-hybridized carbons (Fsp3) is 0.750. The topological polar surface area (TPSA) is 17.1 Å². The van der Waals surface area contributed by atoms with Crippen molar-refractivity contribution in [3.63, 3.8) is 0 Å². The molecule has 74 valence electrons. The minimum absolute atomic E-state index is 0.0172.